The van der Waals surface area contributed by atoms with Gasteiger partial charge in [-0.25, -0.2) is 4.57 Å². The van der Waals surface area contributed by atoms with Crippen molar-refractivity contribution in [1.29, 1.82) is 0 Å². The minimum absolute atomic E-state index is 0.0797. The summed E-state index contributed by atoms with van der Waals surface area (Å²) in [4.78, 5) is 72.2. The number of ether oxygens (including phenoxy) is 1. The highest BCUT2D eigenvalue weighted by Gasteiger charge is 2.48. The number of thioether (sulfide) groups is 1. The van der Waals surface area contributed by atoms with Crippen LogP contribution < -0.4 is 0 Å². The molecule has 0 aromatic heterocycles. The summed E-state index contributed by atoms with van der Waals surface area (Å²) in [6.45, 7) is 15.4. The number of imide groups is 2. The summed E-state index contributed by atoms with van der Waals surface area (Å²) in [5, 5.41) is -2.47. The Hall–Kier alpha value is -1.41. The molecule has 0 bridgehead atoms. The van der Waals surface area contributed by atoms with E-state index in [0.29, 0.717) is 0 Å². The maximum Gasteiger partial charge on any atom is 0.473 e. The molecule has 0 spiro atoms. The smallest absolute Gasteiger partial charge is 0.363 e. The lowest BCUT2D eigenvalue weighted by atomic mass is 10.1. The largest absolute Gasteiger partial charge is 0.473 e. The number of nitrogens with zero attached hydrogens (tertiary/aromatic N) is 2. The summed E-state index contributed by atoms with van der Waals surface area (Å²) >= 11 is 1.13. The first-order valence-corrected chi connectivity index (χ1v) is 18.1. The minimum Gasteiger partial charge on any atom is -0.363 e. The molecule has 0 aromatic carbocycles. The van der Waals surface area contributed by atoms with Crippen molar-refractivity contribution in [2.75, 3.05) is 19.7 Å². The SMILES string of the molecule is CC(OP(=O)(O)C(C)(C)OCCC(C)(C)OP(=O)(O)OC(C)(C)C)C(C)(C)SC1CC(=O)N(CCN2C(=O)C=CC2=O)C1=O. The van der Waals surface area contributed by atoms with E-state index in [2.05, 4.69) is 0 Å². The number of amides is 4. The third-order valence-electron chi connectivity index (χ3n) is 6.97. The van der Waals surface area contributed by atoms with Crippen LogP contribution in [0.15, 0.2) is 12.2 Å². The van der Waals surface area contributed by atoms with Crippen molar-refractivity contribution in [3.05, 3.63) is 12.2 Å². The zero-order valence-corrected chi connectivity index (χ0v) is 29.6. The highest BCUT2D eigenvalue weighted by atomic mass is 32.2. The number of carbonyl (C=O) groups excluding carboxylic acids is 4. The Morgan fingerprint density at radius 1 is 0.909 bits per heavy atom. The van der Waals surface area contributed by atoms with Gasteiger partial charge in [-0.05, 0) is 75.7 Å². The molecule has 2 aliphatic heterocycles. The minimum atomic E-state index is -4.46. The second kappa shape index (κ2) is 13.8. The molecule has 44 heavy (non-hydrogen) atoms. The molecule has 0 saturated carbocycles. The number of likely N-dealkylation sites (tertiary alicyclic amines) is 1. The highest BCUT2D eigenvalue weighted by Crippen LogP contribution is 2.58. The van der Waals surface area contributed by atoms with Gasteiger partial charge in [0.1, 0.15) is 0 Å². The molecule has 1 saturated heterocycles. The van der Waals surface area contributed by atoms with Crippen molar-refractivity contribution in [2.24, 2.45) is 0 Å². The zero-order valence-electron chi connectivity index (χ0n) is 27.0. The summed E-state index contributed by atoms with van der Waals surface area (Å²) in [5.74, 6) is -1.94. The summed E-state index contributed by atoms with van der Waals surface area (Å²) in [6.07, 6.45) is 1.34. The number of hydrogen-bond donors (Lipinski definition) is 2. The lowest BCUT2D eigenvalue weighted by molar-refractivity contribution is -0.142. The Balaban J connectivity index is 1.95. The van der Waals surface area contributed by atoms with Gasteiger partial charge in [0.25, 0.3) is 11.8 Å². The second-order valence-corrected chi connectivity index (χ2v) is 18.8. The van der Waals surface area contributed by atoms with Gasteiger partial charge in [-0.3, -0.25) is 42.6 Å². The molecule has 0 aliphatic carbocycles. The van der Waals surface area contributed by atoms with Crippen LogP contribution in [0.1, 0.15) is 82.1 Å². The van der Waals surface area contributed by atoms with E-state index in [9.17, 15) is 38.1 Å². The van der Waals surface area contributed by atoms with E-state index in [1.807, 2.05) is 0 Å². The number of carbonyl (C=O) groups is 4. The van der Waals surface area contributed by atoms with Crippen molar-refractivity contribution >= 4 is 50.8 Å². The van der Waals surface area contributed by atoms with E-state index in [1.165, 1.54) is 13.8 Å². The Labute approximate surface area is 263 Å². The molecule has 0 aromatic rings. The first kappa shape index (κ1) is 38.8. The van der Waals surface area contributed by atoms with Crippen molar-refractivity contribution in [3.8, 4) is 0 Å². The van der Waals surface area contributed by atoms with Crippen LogP contribution in [-0.2, 0) is 46.6 Å². The summed E-state index contributed by atoms with van der Waals surface area (Å²) in [5.41, 5.74) is -2.09. The topological polar surface area (TPSA) is 186 Å². The number of rotatable bonds is 16. The fourth-order valence-corrected chi connectivity index (χ4v) is 8.26. The number of phosphoric ester groups is 1. The highest BCUT2D eigenvalue weighted by molar-refractivity contribution is 8.02. The molecule has 17 heteroatoms. The van der Waals surface area contributed by atoms with Gasteiger partial charge in [-0.15, -0.1) is 11.8 Å². The zero-order chi connectivity index (χ0) is 34.1. The van der Waals surface area contributed by atoms with Gasteiger partial charge >= 0.3 is 15.4 Å². The van der Waals surface area contributed by atoms with Gasteiger partial charge in [0, 0.05) is 36.4 Å². The standard InChI is InChI=1S/C27H46N2O12P2S/c1-18(26(7,8)44-19-17-22(32)29(23(19)33)15-14-28-20(30)11-12-21(28)31)39-42(34,35)27(9,10)38-16-13-25(5,6)41-43(36,37)40-24(2,3)4/h11-12,18-19H,13-17H2,1-10H3,(H,34,35)(H,36,37). The van der Waals surface area contributed by atoms with Gasteiger partial charge in [-0.1, -0.05) is 0 Å². The van der Waals surface area contributed by atoms with Crippen LogP contribution in [0.3, 0.4) is 0 Å². The molecule has 2 N–H and O–H groups in total. The Morgan fingerprint density at radius 3 is 1.95 bits per heavy atom. The average molecular weight is 685 g/mol. The third-order valence-corrected chi connectivity index (χ3v) is 12.2. The predicted molar refractivity (Wildman–Crippen MR) is 164 cm³/mol. The van der Waals surface area contributed by atoms with E-state index in [-0.39, 0.29) is 32.5 Å². The second-order valence-electron chi connectivity index (χ2n) is 13.3. The third kappa shape index (κ3) is 10.6. The van der Waals surface area contributed by atoms with Crippen molar-refractivity contribution in [1.82, 2.24) is 9.80 Å². The summed E-state index contributed by atoms with van der Waals surface area (Å²) < 4.78 is 46.6. The van der Waals surface area contributed by atoms with E-state index >= 15 is 0 Å². The van der Waals surface area contributed by atoms with Crippen LogP contribution in [0.25, 0.3) is 0 Å². The lowest BCUT2D eigenvalue weighted by Gasteiger charge is -2.38. The van der Waals surface area contributed by atoms with Crippen molar-refractivity contribution in [3.63, 3.8) is 0 Å². The van der Waals surface area contributed by atoms with E-state index < -0.39 is 71.7 Å². The molecular formula is C27H46N2O12P2S. The normalized spacial score (nSPS) is 22.1. The average Bonchev–Trinajstić information content (AvgIpc) is 3.25. The monoisotopic (exact) mass is 684 g/mol. The van der Waals surface area contributed by atoms with E-state index in [1.54, 1.807) is 55.4 Å². The molecule has 2 heterocycles. The van der Waals surface area contributed by atoms with Gasteiger partial charge in [0.2, 0.25) is 11.8 Å². The van der Waals surface area contributed by atoms with Gasteiger partial charge < -0.3 is 19.0 Å². The molecule has 2 aliphatic rings. The van der Waals surface area contributed by atoms with Gasteiger partial charge in [0.05, 0.1) is 29.2 Å². The van der Waals surface area contributed by atoms with Crippen LogP contribution in [0, 0.1) is 0 Å². The maximum absolute atomic E-state index is 13.4. The number of hydrogen-bond acceptors (Lipinski definition) is 11. The molecule has 4 atom stereocenters. The Bertz CT molecular complexity index is 1240. The molecule has 4 unspecified atom stereocenters. The predicted octanol–water partition coefficient (Wildman–Crippen LogP) is 3.99. The van der Waals surface area contributed by atoms with E-state index in [0.717, 1.165) is 33.7 Å². The Morgan fingerprint density at radius 2 is 1.43 bits per heavy atom. The van der Waals surface area contributed by atoms with Gasteiger partial charge in [0.15, 0.2) is 5.34 Å². The van der Waals surface area contributed by atoms with Crippen LogP contribution in [-0.4, -0.2) is 95.6 Å². The maximum atomic E-state index is 13.4. The first-order valence-electron chi connectivity index (χ1n) is 14.1. The van der Waals surface area contributed by atoms with Crippen LogP contribution in [0.5, 0.6) is 0 Å². The van der Waals surface area contributed by atoms with Crippen molar-refractivity contribution in [2.45, 2.75) is 115 Å². The molecule has 4 amide bonds. The molecule has 2 rings (SSSR count). The molecular weight excluding hydrogens is 638 g/mol. The molecule has 1 fully saturated rings. The lowest BCUT2D eigenvalue weighted by Crippen LogP contribution is -2.42. The number of phosphoric acid groups is 1. The summed E-state index contributed by atoms with van der Waals surface area (Å²) in [6, 6.07) is 0. The van der Waals surface area contributed by atoms with Gasteiger partial charge in [-0.2, -0.15) is 0 Å². The molecule has 252 valence electrons. The van der Waals surface area contributed by atoms with Crippen LogP contribution in [0.2, 0.25) is 0 Å². The Kier molecular flexibility index (Phi) is 12.1. The van der Waals surface area contributed by atoms with Crippen LogP contribution >= 0.6 is 27.2 Å². The molecule has 14 nitrogen and oxygen atoms in total. The summed E-state index contributed by atoms with van der Waals surface area (Å²) in [7, 11) is -8.85. The van der Waals surface area contributed by atoms with Crippen LogP contribution in [0.4, 0.5) is 0 Å². The van der Waals surface area contributed by atoms with Crippen molar-refractivity contribution < 1.29 is 56.4 Å². The fraction of sp³-hybridized carbons (Fsp3) is 0.778. The van der Waals surface area contributed by atoms with E-state index in [4.69, 9.17) is 18.3 Å². The quantitative estimate of drug-likeness (QED) is 0.176. The fourth-order valence-electron chi connectivity index (χ4n) is 4.11. The first-order chi connectivity index (χ1) is 19.7. The molecule has 0 radical (unpaired) electrons.